The molecule has 0 radical (unpaired) electrons. The zero-order valence-electron chi connectivity index (χ0n) is 14.5. The molecule has 0 aliphatic heterocycles. The van der Waals surface area contributed by atoms with Crippen molar-refractivity contribution >= 4 is 24.0 Å². The average Bonchev–Trinajstić information content (AvgIpc) is 2.63. The van der Waals surface area contributed by atoms with Crippen molar-refractivity contribution in [3.05, 3.63) is 47.5 Å². The molecule has 0 saturated heterocycles. The van der Waals surface area contributed by atoms with E-state index in [1.54, 1.807) is 19.1 Å². The first-order chi connectivity index (χ1) is 12.5. The molecule has 7 nitrogen and oxygen atoms in total. The number of nitrogens with zero attached hydrogens (tertiary/aromatic N) is 2. The highest BCUT2D eigenvalue weighted by Gasteiger charge is 2.21. The number of carbonyl (C=O) groups excluding carboxylic acids is 1. The van der Waals surface area contributed by atoms with Gasteiger partial charge in [0.2, 0.25) is 5.88 Å². The van der Waals surface area contributed by atoms with Gasteiger partial charge in [-0.05, 0) is 37.9 Å². The minimum atomic E-state index is -0.573. The fourth-order valence-electron chi connectivity index (χ4n) is 2.50. The van der Waals surface area contributed by atoms with Crippen LogP contribution < -0.4 is 21.5 Å². The van der Waals surface area contributed by atoms with E-state index in [4.69, 9.17) is 16.2 Å². The Labute approximate surface area is 150 Å². The summed E-state index contributed by atoms with van der Waals surface area (Å²) < 4.78 is 19.7. The molecule has 1 heterocycles. The third kappa shape index (κ3) is 3.49. The molecule has 26 heavy (non-hydrogen) atoms. The number of rotatable bonds is 6. The molecule has 0 unspecified atom stereocenters. The van der Waals surface area contributed by atoms with E-state index in [1.165, 1.54) is 25.4 Å². The molecule has 1 amide bonds. The molecule has 0 fully saturated rings. The zero-order chi connectivity index (χ0) is 19.3. The number of aliphatic imine (C=N–C) groups is 1. The number of aromatic nitrogens is 1. The summed E-state index contributed by atoms with van der Waals surface area (Å²) in [5.41, 5.74) is 12.9. The van der Waals surface area contributed by atoms with E-state index in [0.29, 0.717) is 12.1 Å². The molecule has 2 rings (SSSR count). The van der Waals surface area contributed by atoms with Crippen LogP contribution in [0.1, 0.15) is 12.5 Å². The highest BCUT2D eigenvalue weighted by Crippen LogP contribution is 2.37. The molecule has 0 spiro atoms. The second kappa shape index (κ2) is 8.11. The molecule has 2 aromatic rings. The normalized spacial score (nSPS) is 11.5. The lowest BCUT2D eigenvalue weighted by Gasteiger charge is -2.15. The number of methoxy groups -OCH3 is 1. The summed E-state index contributed by atoms with van der Waals surface area (Å²) in [5.74, 6) is -0.857. The van der Waals surface area contributed by atoms with Crippen LogP contribution in [0.3, 0.4) is 0 Å². The topological polar surface area (TPSA) is 116 Å². The van der Waals surface area contributed by atoms with Crippen LogP contribution in [-0.2, 0) is 4.79 Å². The Morgan fingerprint density at radius 2 is 2.15 bits per heavy atom. The van der Waals surface area contributed by atoms with Crippen LogP contribution >= 0.6 is 0 Å². The lowest BCUT2D eigenvalue weighted by Crippen LogP contribution is -2.25. The number of nitrogens with one attached hydrogen (secondary N) is 1. The van der Waals surface area contributed by atoms with E-state index >= 15 is 0 Å². The van der Waals surface area contributed by atoms with E-state index in [0.717, 1.165) is 0 Å². The Morgan fingerprint density at radius 3 is 2.77 bits per heavy atom. The van der Waals surface area contributed by atoms with Crippen LogP contribution in [0.15, 0.2) is 41.2 Å². The van der Waals surface area contributed by atoms with Crippen LogP contribution in [0.25, 0.3) is 16.8 Å². The molecule has 1 aromatic carbocycles. The molecule has 1 aromatic heterocycles. The Balaban J connectivity index is 2.71. The van der Waals surface area contributed by atoms with E-state index < -0.39 is 11.7 Å². The third-order valence-corrected chi connectivity index (χ3v) is 3.68. The number of carbonyl (C=O) groups is 1. The zero-order valence-corrected chi connectivity index (χ0v) is 14.5. The van der Waals surface area contributed by atoms with E-state index in [2.05, 4.69) is 22.0 Å². The smallest absolute Gasteiger partial charge is 0.272 e. The lowest BCUT2D eigenvalue weighted by molar-refractivity contribution is -0.117. The summed E-state index contributed by atoms with van der Waals surface area (Å²) in [6.45, 7) is 5.52. The number of anilines is 1. The first kappa shape index (κ1) is 18.9. The number of hydrogen-bond acceptors (Lipinski definition) is 6. The van der Waals surface area contributed by atoms with Gasteiger partial charge in [-0.2, -0.15) is 0 Å². The van der Waals surface area contributed by atoms with Gasteiger partial charge in [-0.15, -0.1) is 0 Å². The van der Waals surface area contributed by atoms with Gasteiger partial charge in [0.25, 0.3) is 5.91 Å². The maximum Gasteiger partial charge on any atom is 0.272 e. The molecule has 8 heteroatoms. The second-order valence-electron chi connectivity index (χ2n) is 5.22. The Kier molecular flexibility index (Phi) is 5.90. The van der Waals surface area contributed by atoms with Crippen LogP contribution in [0.4, 0.5) is 10.1 Å². The number of pyridine rings is 1. The molecule has 136 valence electrons. The number of likely N-dealkylation sites (N-methyl/N-ethyl adjacent to an activating group) is 1. The van der Waals surface area contributed by atoms with Gasteiger partial charge in [0.15, 0.2) is 5.70 Å². The fraction of sp³-hybridized carbons (Fsp3) is 0.167. The molecule has 0 aliphatic carbocycles. The largest absolute Gasteiger partial charge is 0.481 e. The maximum atomic E-state index is 14.5. The number of nitrogens with two attached hydrogens (primary N) is 2. The minimum Gasteiger partial charge on any atom is -0.481 e. The van der Waals surface area contributed by atoms with Gasteiger partial charge in [0, 0.05) is 29.4 Å². The van der Waals surface area contributed by atoms with Gasteiger partial charge in [0.1, 0.15) is 5.82 Å². The van der Waals surface area contributed by atoms with Crippen LogP contribution in [0.5, 0.6) is 5.88 Å². The molecule has 0 atom stereocenters. The number of nitrogen functional groups attached to an aromatic ring is 1. The molecule has 0 aliphatic rings. The van der Waals surface area contributed by atoms with Crippen molar-refractivity contribution in [1.82, 2.24) is 10.3 Å². The SMILES string of the molecule is C=N/C(C(=O)NCC)=C(/N)c1ccc(F)c(-c2cccnc2OC)c1N. The van der Waals surface area contributed by atoms with Gasteiger partial charge < -0.3 is 21.5 Å². The standard InChI is InChI=1S/C18H20FN5O2/c1-4-23-17(25)16(22-2)15(21)11-7-8-12(19)13(14(11)20)10-6-5-9-24-18(10)26-3/h5-9H,2,4,20-21H2,1,3H3,(H,23,25)/b16-15+. The molecule has 0 bridgehead atoms. The van der Waals surface area contributed by atoms with Gasteiger partial charge in [-0.1, -0.05) is 0 Å². The molecular weight excluding hydrogens is 337 g/mol. The van der Waals surface area contributed by atoms with Crippen molar-refractivity contribution in [3.63, 3.8) is 0 Å². The monoisotopic (exact) mass is 357 g/mol. The van der Waals surface area contributed by atoms with Crippen LogP contribution in [0, 0.1) is 5.82 Å². The van der Waals surface area contributed by atoms with Crippen molar-refractivity contribution < 1.29 is 13.9 Å². The van der Waals surface area contributed by atoms with Crippen molar-refractivity contribution in [1.29, 1.82) is 0 Å². The summed E-state index contributed by atoms with van der Waals surface area (Å²) in [4.78, 5) is 19.8. The fourth-order valence-corrected chi connectivity index (χ4v) is 2.50. The van der Waals surface area contributed by atoms with Crippen LogP contribution in [0.2, 0.25) is 0 Å². The maximum absolute atomic E-state index is 14.5. The van der Waals surface area contributed by atoms with Crippen molar-refractivity contribution in [2.24, 2.45) is 10.7 Å². The van der Waals surface area contributed by atoms with Crippen molar-refractivity contribution in [2.75, 3.05) is 19.4 Å². The van der Waals surface area contributed by atoms with Gasteiger partial charge in [-0.3, -0.25) is 9.79 Å². The number of amides is 1. The first-order valence-electron chi connectivity index (χ1n) is 7.78. The highest BCUT2D eigenvalue weighted by atomic mass is 19.1. The quantitative estimate of drug-likeness (QED) is 0.415. The van der Waals surface area contributed by atoms with E-state index in [9.17, 15) is 9.18 Å². The number of ether oxygens (including phenoxy) is 1. The Hall–Kier alpha value is -3.42. The molecule has 0 saturated carbocycles. The highest BCUT2D eigenvalue weighted by molar-refractivity contribution is 6.02. The van der Waals surface area contributed by atoms with Gasteiger partial charge in [0.05, 0.1) is 18.5 Å². The summed E-state index contributed by atoms with van der Waals surface area (Å²) >= 11 is 0. The van der Waals surface area contributed by atoms with Crippen LogP contribution in [-0.4, -0.2) is 31.3 Å². The third-order valence-electron chi connectivity index (χ3n) is 3.68. The summed E-state index contributed by atoms with van der Waals surface area (Å²) in [6.07, 6.45) is 1.52. The average molecular weight is 357 g/mol. The summed E-state index contributed by atoms with van der Waals surface area (Å²) in [7, 11) is 1.42. The summed E-state index contributed by atoms with van der Waals surface area (Å²) in [5, 5.41) is 2.59. The van der Waals surface area contributed by atoms with E-state index in [-0.39, 0.29) is 34.1 Å². The van der Waals surface area contributed by atoms with E-state index in [1.807, 2.05) is 0 Å². The minimum absolute atomic E-state index is 0.00689. The Morgan fingerprint density at radius 1 is 1.42 bits per heavy atom. The first-order valence-corrected chi connectivity index (χ1v) is 7.78. The predicted octanol–water partition coefficient (Wildman–Crippen LogP) is 1.94. The van der Waals surface area contributed by atoms with Crippen molar-refractivity contribution in [2.45, 2.75) is 6.92 Å². The number of benzene rings is 1. The number of halogens is 1. The van der Waals surface area contributed by atoms with Gasteiger partial charge in [-0.25, -0.2) is 9.37 Å². The predicted molar refractivity (Wildman–Crippen MR) is 99.9 cm³/mol. The summed E-state index contributed by atoms with van der Waals surface area (Å²) in [6, 6.07) is 5.85. The van der Waals surface area contributed by atoms with Gasteiger partial charge >= 0.3 is 0 Å². The Bertz CT molecular complexity index is 880. The molecular formula is C18H20FN5O2. The lowest BCUT2D eigenvalue weighted by atomic mass is 9.98. The second-order valence-corrected chi connectivity index (χ2v) is 5.22. The van der Waals surface area contributed by atoms with Crippen molar-refractivity contribution in [3.8, 4) is 17.0 Å². The molecule has 5 N–H and O–H groups in total. The number of hydrogen-bond donors (Lipinski definition) is 3.